The molecule has 1 aliphatic heterocycles. The van der Waals surface area contributed by atoms with Gasteiger partial charge in [-0.05, 0) is 51.3 Å². The van der Waals surface area contributed by atoms with Crippen LogP contribution in [0.2, 0.25) is 0 Å². The lowest BCUT2D eigenvalue weighted by Crippen LogP contribution is -2.35. The van der Waals surface area contributed by atoms with Gasteiger partial charge in [-0.2, -0.15) is 0 Å². The lowest BCUT2D eigenvalue weighted by Gasteiger charge is -2.21. The van der Waals surface area contributed by atoms with Crippen LogP contribution in [0.15, 0.2) is 18.2 Å². The minimum absolute atomic E-state index is 0.226. The van der Waals surface area contributed by atoms with Crippen molar-refractivity contribution in [1.29, 1.82) is 0 Å². The molecule has 2 heterocycles. The van der Waals surface area contributed by atoms with Crippen molar-refractivity contribution in [2.24, 2.45) is 0 Å². The van der Waals surface area contributed by atoms with Gasteiger partial charge in [0.25, 0.3) is 0 Å². The second kappa shape index (κ2) is 8.99. The summed E-state index contributed by atoms with van der Waals surface area (Å²) < 4.78 is 10.3. The molecule has 1 aromatic carbocycles. The number of aryl methyl sites for hydroxylation is 1. The fourth-order valence-electron chi connectivity index (χ4n) is 3.44. The Morgan fingerprint density at radius 3 is 2.93 bits per heavy atom. The lowest BCUT2D eigenvalue weighted by atomic mass is 10.1. The van der Waals surface area contributed by atoms with E-state index in [9.17, 15) is 4.79 Å². The number of nitrogens with zero attached hydrogens (tertiary/aromatic N) is 3. The molecule has 0 saturated carbocycles. The number of ether oxygens (including phenoxy) is 2. The van der Waals surface area contributed by atoms with Crippen molar-refractivity contribution in [1.82, 2.24) is 15.3 Å². The van der Waals surface area contributed by atoms with Crippen LogP contribution in [0.1, 0.15) is 31.9 Å². The largest absolute Gasteiger partial charge is 0.494 e. The molecule has 27 heavy (non-hydrogen) atoms. The van der Waals surface area contributed by atoms with Gasteiger partial charge >= 0.3 is 5.97 Å². The minimum Gasteiger partial charge on any atom is -0.494 e. The van der Waals surface area contributed by atoms with E-state index >= 15 is 0 Å². The molecular weight excluding hydrogens is 344 g/mol. The third-order valence-corrected chi connectivity index (χ3v) is 4.93. The zero-order chi connectivity index (χ0) is 19.2. The fraction of sp³-hybridized carbons (Fsp3) is 0.550. The molecule has 1 saturated heterocycles. The number of carbonyl (C=O) groups is 1. The van der Waals surface area contributed by atoms with Gasteiger partial charge in [-0.15, -0.1) is 0 Å². The summed E-state index contributed by atoms with van der Waals surface area (Å²) in [6.45, 7) is 6.67. The summed E-state index contributed by atoms with van der Waals surface area (Å²) >= 11 is 0. The molecule has 1 aliphatic rings. The summed E-state index contributed by atoms with van der Waals surface area (Å²) in [5.41, 5.74) is 1.90. The quantitative estimate of drug-likeness (QED) is 0.781. The van der Waals surface area contributed by atoms with Crippen molar-refractivity contribution in [2.45, 2.75) is 39.2 Å². The second-order valence-corrected chi connectivity index (χ2v) is 6.79. The summed E-state index contributed by atoms with van der Waals surface area (Å²) in [5, 5.41) is 4.31. The first-order valence-electron chi connectivity index (χ1n) is 9.57. The van der Waals surface area contributed by atoms with E-state index < -0.39 is 0 Å². The van der Waals surface area contributed by atoms with Crippen molar-refractivity contribution < 1.29 is 14.3 Å². The van der Waals surface area contributed by atoms with Crippen LogP contribution in [0.5, 0.6) is 5.75 Å². The van der Waals surface area contributed by atoms with Crippen molar-refractivity contribution in [3.05, 3.63) is 23.9 Å². The van der Waals surface area contributed by atoms with Gasteiger partial charge in [0.1, 0.15) is 5.75 Å². The van der Waals surface area contributed by atoms with Gasteiger partial charge in [0.2, 0.25) is 5.95 Å². The van der Waals surface area contributed by atoms with Crippen LogP contribution < -0.4 is 15.0 Å². The summed E-state index contributed by atoms with van der Waals surface area (Å²) in [6, 6.07) is 6.27. The topological polar surface area (TPSA) is 76.6 Å². The Morgan fingerprint density at radius 1 is 1.30 bits per heavy atom. The molecule has 7 heteroatoms. The van der Waals surface area contributed by atoms with Crippen LogP contribution in [-0.2, 0) is 9.53 Å². The Bertz CT molecular complexity index is 796. The van der Waals surface area contributed by atoms with Crippen LogP contribution >= 0.6 is 0 Å². The highest BCUT2D eigenvalue weighted by Crippen LogP contribution is 2.25. The smallest absolute Gasteiger partial charge is 0.319 e. The van der Waals surface area contributed by atoms with Crippen LogP contribution in [0.4, 0.5) is 5.95 Å². The van der Waals surface area contributed by atoms with Gasteiger partial charge in [0.05, 0.1) is 31.5 Å². The maximum absolute atomic E-state index is 11.3. The van der Waals surface area contributed by atoms with Crippen LogP contribution in [0.25, 0.3) is 10.9 Å². The number of carbonyl (C=O) groups excluding carboxylic acids is 1. The Morgan fingerprint density at radius 2 is 2.15 bits per heavy atom. The van der Waals surface area contributed by atoms with E-state index in [0.717, 1.165) is 60.6 Å². The Balaban J connectivity index is 1.71. The average molecular weight is 372 g/mol. The van der Waals surface area contributed by atoms with E-state index in [2.05, 4.69) is 10.2 Å². The van der Waals surface area contributed by atoms with Crippen molar-refractivity contribution in [3.63, 3.8) is 0 Å². The maximum atomic E-state index is 11.3. The van der Waals surface area contributed by atoms with Crippen LogP contribution in [-0.4, -0.2) is 55.3 Å². The predicted molar refractivity (Wildman–Crippen MR) is 105 cm³/mol. The first-order valence-corrected chi connectivity index (χ1v) is 9.57. The number of anilines is 1. The number of nitrogens with one attached hydrogen (secondary N) is 1. The molecule has 1 atom stereocenters. The summed E-state index contributed by atoms with van der Waals surface area (Å²) in [7, 11) is 1.41. The molecule has 0 amide bonds. The number of benzene rings is 1. The highest BCUT2D eigenvalue weighted by molar-refractivity contribution is 5.83. The number of hydrogen-bond acceptors (Lipinski definition) is 7. The zero-order valence-electron chi connectivity index (χ0n) is 16.3. The molecule has 3 rings (SSSR count). The Hall–Kier alpha value is -2.41. The number of methoxy groups -OCH3 is 1. The van der Waals surface area contributed by atoms with E-state index in [-0.39, 0.29) is 12.5 Å². The predicted octanol–water partition coefficient (Wildman–Crippen LogP) is 2.46. The second-order valence-electron chi connectivity index (χ2n) is 6.79. The molecule has 1 N–H and O–H groups in total. The van der Waals surface area contributed by atoms with Gasteiger partial charge < -0.3 is 19.7 Å². The number of hydrogen-bond donors (Lipinski definition) is 1. The molecule has 146 valence electrons. The van der Waals surface area contributed by atoms with E-state index in [1.54, 1.807) is 0 Å². The first-order chi connectivity index (χ1) is 13.1. The molecule has 0 radical (unpaired) electrons. The zero-order valence-corrected chi connectivity index (χ0v) is 16.3. The molecule has 0 spiro atoms. The van der Waals surface area contributed by atoms with Gasteiger partial charge in [-0.25, -0.2) is 9.97 Å². The third-order valence-electron chi connectivity index (χ3n) is 4.93. The number of rotatable bonds is 6. The SMILES string of the molecule is CCOc1ccc2nc(N3CCCC(NCC(=O)OC)CC3)nc(C)c2c1. The van der Waals surface area contributed by atoms with Crippen LogP contribution in [0.3, 0.4) is 0 Å². The molecule has 1 unspecified atom stereocenters. The standard InChI is InChI=1S/C20H28N4O3/c1-4-27-16-7-8-18-17(12-16)14(2)22-20(23-18)24-10-5-6-15(9-11-24)21-13-19(25)26-3/h7-8,12,15,21H,4-6,9-11,13H2,1-3H3. The summed E-state index contributed by atoms with van der Waals surface area (Å²) in [6.07, 6.45) is 3.00. The molecule has 0 aliphatic carbocycles. The van der Waals surface area contributed by atoms with Crippen molar-refractivity contribution >= 4 is 22.8 Å². The van der Waals surface area contributed by atoms with Gasteiger partial charge in [0.15, 0.2) is 0 Å². The molecule has 0 bridgehead atoms. The average Bonchev–Trinajstić information content (AvgIpc) is 2.92. The van der Waals surface area contributed by atoms with Crippen molar-refractivity contribution in [2.75, 3.05) is 38.3 Å². The Kier molecular flexibility index (Phi) is 6.45. The molecular formula is C20H28N4O3. The monoisotopic (exact) mass is 372 g/mol. The normalized spacial score (nSPS) is 17.6. The Labute approximate surface area is 160 Å². The molecule has 1 fully saturated rings. The van der Waals surface area contributed by atoms with E-state index in [0.29, 0.717) is 12.6 Å². The van der Waals surface area contributed by atoms with Crippen molar-refractivity contribution in [3.8, 4) is 5.75 Å². The maximum Gasteiger partial charge on any atom is 0.319 e. The summed E-state index contributed by atoms with van der Waals surface area (Å²) in [5.74, 6) is 1.40. The molecule has 7 nitrogen and oxygen atoms in total. The lowest BCUT2D eigenvalue weighted by molar-refractivity contribution is -0.139. The van der Waals surface area contributed by atoms with Gasteiger partial charge in [-0.3, -0.25) is 4.79 Å². The van der Waals surface area contributed by atoms with E-state index in [4.69, 9.17) is 19.4 Å². The van der Waals surface area contributed by atoms with E-state index in [1.807, 2.05) is 32.0 Å². The summed E-state index contributed by atoms with van der Waals surface area (Å²) in [4.78, 5) is 23.1. The third kappa shape index (κ3) is 4.86. The van der Waals surface area contributed by atoms with Gasteiger partial charge in [-0.1, -0.05) is 0 Å². The highest BCUT2D eigenvalue weighted by atomic mass is 16.5. The minimum atomic E-state index is -0.226. The number of esters is 1. The first kappa shape index (κ1) is 19.4. The molecule has 2 aromatic rings. The fourth-order valence-corrected chi connectivity index (χ4v) is 3.44. The highest BCUT2D eigenvalue weighted by Gasteiger charge is 2.20. The van der Waals surface area contributed by atoms with E-state index in [1.165, 1.54) is 7.11 Å². The van der Waals surface area contributed by atoms with Crippen LogP contribution in [0, 0.1) is 6.92 Å². The number of aromatic nitrogens is 2. The molecule has 1 aromatic heterocycles. The number of fused-ring (bicyclic) bond motifs is 1. The van der Waals surface area contributed by atoms with Gasteiger partial charge in [0, 0.05) is 24.5 Å².